The number of benzene rings is 4. The maximum atomic E-state index is 12.9. The molecule has 1 fully saturated rings. The number of amides is 2. The smallest absolute Gasteiger partial charge is 0.224 e. The number of piperazine rings is 1. The second kappa shape index (κ2) is 9.04. The first-order chi connectivity index (χ1) is 17.5. The molecule has 6 heteroatoms. The van der Waals surface area contributed by atoms with Gasteiger partial charge in [-0.2, -0.15) is 0 Å². The van der Waals surface area contributed by atoms with Crippen LogP contribution in [0.4, 0.5) is 5.69 Å². The van der Waals surface area contributed by atoms with Crippen molar-refractivity contribution >= 4 is 39.0 Å². The van der Waals surface area contributed by atoms with Gasteiger partial charge in [0, 0.05) is 55.7 Å². The van der Waals surface area contributed by atoms with Crippen molar-refractivity contribution in [2.75, 3.05) is 38.5 Å². The first-order valence-electron chi connectivity index (χ1n) is 12.5. The average molecular weight is 480 g/mol. The summed E-state index contributed by atoms with van der Waals surface area (Å²) in [6.45, 7) is 3.14. The number of nitrogens with zero attached hydrogens (tertiary/aromatic N) is 2. The summed E-state index contributed by atoms with van der Waals surface area (Å²) >= 11 is 0. The summed E-state index contributed by atoms with van der Waals surface area (Å²) in [6.07, 6.45) is -0.456. The zero-order chi connectivity index (χ0) is 24.8. The molecule has 4 aromatic carbocycles. The highest BCUT2D eigenvalue weighted by atomic mass is 16.3. The lowest BCUT2D eigenvalue weighted by Crippen LogP contribution is -2.47. The summed E-state index contributed by atoms with van der Waals surface area (Å²) in [4.78, 5) is 29.6. The molecule has 6 nitrogen and oxygen atoms in total. The highest BCUT2D eigenvalue weighted by Gasteiger charge is 2.31. The maximum absolute atomic E-state index is 12.9. The van der Waals surface area contributed by atoms with Crippen molar-refractivity contribution in [3.8, 4) is 11.1 Å². The van der Waals surface area contributed by atoms with E-state index in [0.717, 1.165) is 56.9 Å². The molecule has 2 amide bonds. The van der Waals surface area contributed by atoms with Gasteiger partial charge in [-0.3, -0.25) is 9.59 Å². The SMILES string of the molecule is CN1CCN(C(=O)CCC(=O)Nc2cc3c(c4ccccc24)-c2ccc4ccccc4c2C3O)CC1. The zero-order valence-corrected chi connectivity index (χ0v) is 20.3. The number of aliphatic hydroxyl groups excluding tert-OH is 1. The Morgan fingerprint density at radius 3 is 2.36 bits per heavy atom. The summed E-state index contributed by atoms with van der Waals surface area (Å²) in [5.41, 5.74) is 4.42. The molecule has 1 atom stereocenters. The normalized spacial score (nSPS) is 17.3. The Kier molecular flexibility index (Phi) is 5.70. The fraction of sp³-hybridized carbons (Fsp3) is 0.267. The molecule has 1 aliphatic heterocycles. The predicted molar refractivity (Wildman–Crippen MR) is 143 cm³/mol. The topological polar surface area (TPSA) is 72.9 Å². The molecule has 1 aliphatic carbocycles. The van der Waals surface area contributed by atoms with E-state index in [1.54, 1.807) is 0 Å². The second-order valence-electron chi connectivity index (χ2n) is 9.82. The van der Waals surface area contributed by atoms with Crippen LogP contribution in [0.1, 0.15) is 30.1 Å². The van der Waals surface area contributed by atoms with Crippen molar-refractivity contribution in [2.24, 2.45) is 0 Å². The minimum Gasteiger partial charge on any atom is -0.384 e. The van der Waals surface area contributed by atoms with Crippen LogP contribution < -0.4 is 5.32 Å². The number of likely N-dealkylation sites (N-methyl/N-ethyl adjacent to an activating group) is 1. The van der Waals surface area contributed by atoms with E-state index < -0.39 is 6.10 Å². The van der Waals surface area contributed by atoms with Gasteiger partial charge in [-0.1, -0.05) is 60.7 Å². The van der Waals surface area contributed by atoms with E-state index in [9.17, 15) is 14.7 Å². The molecule has 2 N–H and O–H groups in total. The molecule has 36 heavy (non-hydrogen) atoms. The highest BCUT2D eigenvalue weighted by Crippen LogP contribution is 2.51. The summed E-state index contributed by atoms with van der Waals surface area (Å²) in [6, 6.07) is 22.1. The molecule has 0 radical (unpaired) electrons. The first kappa shape index (κ1) is 22.7. The van der Waals surface area contributed by atoms with E-state index in [1.165, 1.54) is 0 Å². The first-order valence-corrected chi connectivity index (χ1v) is 12.5. The number of hydrogen-bond donors (Lipinski definition) is 2. The zero-order valence-electron chi connectivity index (χ0n) is 20.3. The van der Waals surface area contributed by atoms with Crippen molar-refractivity contribution in [1.82, 2.24) is 9.80 Å². The third-order valence-corrected chi connectivity index (χ3v) is 7.58. The van der Waals surface area contributed by atoms with Gasteiger partial charge < -0.3 is 20.2 Å². The lowest BCUT2D eigenvalue weighted by molar-refractivity contribution is -0.134. The highest BCUT2D eigenvalue weighted by molar-refractivity contribution is 6.12. The molecule has 1 saturated heterocycles. The number of anilines is 1. The molecule has 0 aromatic heterocycles. The van der Waals surface area contributed by atoms with Gasteiger partial charge in [0.25, 0.3) is 0 Å². The second-order valence-corrected chi connectivity index (χ2v) is 9.82. The number of nitrogens with one attached hydrogen (secondary N) is 1. The monoisotopic (exact) mass is 479 g/mol. The quantitative estimate of drug-likeness (QED) is 0.451. The van der Waals surface area contributed by atoms with E-state index >= 15 is 0 Å². The number of hydrogen-bond acceptors (Lipinski definition) is 4. The fourth-order valence-electron chi connectivity index (χ4n) is 5.63. The van der Waals surface area contributed by atoms with Crippen molar-refractivity contribution in [1.29, 1.82) is 0 Å². The number of aliphatic hydroxyl groups is 1. The largest absolute Gasteiger partial charge is 0.384 e. The Hall–Kier alpha value is -3.74. The molecule has 1 heterocycles. The van der Waals surface area contributed by atoms with Crippen LogP contribution in [-0.2, 0) is 9.59 Å². The molecule has 4 aromatic rings. The molecular weight excluding hydrogens is 450 g/mol. The van der Waals surface area contributed by atoms with Gasteiger partial charge in [0.15, 0.2) is 0 Å². The van der Waals surface area contributed by atoms with E-state index in [-0.39, 0.29) is 24.7 Å². The van der Waals surface area contributed by atoms with Gasteiger partial charge in [-0.05, 0) is 46.0 Å². The van der Waals surface area contributed by atoms with Crippen LogP contribution in [0.3, 0.4) is 0 Å². The Bertz CT molecular complexity index is 1500. The van der Waals surface area contributed by atoms with Gasteiger partial charge in [-0.15, -0.1) is 0 Å². The molecule has 0 bridgehead atoms. The van der Waals surface area contributed by atoms with Crippen molar-refractivity contribution in [3.05, 3.63) is 77.9 Å². The summed E-state index contributed by atoms with van der Waals surface area (Å²) in [5, 5.41) is 18.5. The Morgan fingerprint density at radius 2 is 1.58 bits per heavy atom. The number of fused-ring (bicyclic) bond motifs is 7. The molecule has 6 rings (SSSR count). The van der Waals surface area contributed by atoms with Crippen LogP contribution in [0.25, 0.3) is 32.7 Å². The predicted octanol–water partition coefficient (Wildman–Crippen LogP) is 4.55. The maximum Gasteiger partial charge on any atom is 0.224 e. The van der Waals surface area contributed by atoms with E-state index in [1.807, 2.05) is 60.5 Å². The lowest BCUT2D eigenvalue weighted by Gasteiger charge is -2.32. The fourth-order valence-corrected chi connectivity index (χ4v) is 5.63. The van der Waals surface area contributed by atoms with Crippen molar-refractivity contribution in [3.63, 3.8) is 0 Å². The van der Waals surface area contributed by atoms with Gasteiger partial charge in [0.1, 0.15) is 6.10 Å². The third-order valence-electron chi connectivity index (χ3n) is 7.58. The van der Waals surface area contributed by atoms with Gasteiger partial charge in [0.2, 0.25) is 11.8 Å². The van der Waals surface area contributed by atoms with E-state index in [0.29, 0.717) is 18.8 Å². The van der Waals surface area contributed by atoms with Crippen LogP contribution in [0, 0.1) is 0 Å². The van der Waals surface area contributed by atoms with Crippen molar-refractivity contribution in [2.45, 2.75) is 18.9 Å². The van der Waals surface area contributed by atoms with Crippen LogP contribution in [0.15, 0.2) is 66.7 Å². The Balaban J connectivity index is 1.29. The lowest BCUT2D eigenvalue weighted by atomic mass is 9.95. The van der Waals surface area contributed by atoms with Crippen LogP contribution in [-0.4, -0.2) is 59.9 Å². The standard InChI is InChI=1S/C30H29N3O3/c1-32-14-16-33(17-15-32)27(35)13-12-26(34)31-25-18-24-28(22-9-5-4-8-21(22)25)23-11-10-19-6-2-3-7-20(19)29(23)30(24)36/h2-11,18,30,36H,12-17H2,1H3,(H,31,34). The summed E-state index contributed by atoms with van der Waals surface area (Å²) in [5.74, 6) is -0.173. The minimum absolute atomic E-state index is 0.0230. The number of rotatable bonds is 4. The average Bonchev–Trinajstić information content (AvgIpc) is 3.20. The molecular formula is C30H29N3O3. The third kappa shape index (κ3) is 3.83. The van der Waals surface area contributed by atoms with E-state index in [4.69, 9.17) is 0 Å². The molecule has 2 aliphatic rings. The van der Waals surface area contributed by atoms with Gasteiger partial charge >= 0.3 is 0 Å². The minimum atomic E-state index is -0.778. The molecule has 0 spiro atoms. The van der Waals surface area contributed by atoms with Crippen LogP contribution >= 0.6 is 0 Å². The van der Waals surface area contributed by atoms with Crippen LogP contribution in [0.5, 0.6) is 0 Å². The molecule has 182 valence electrons. The molecule has 1 unspecified atom stereocenters. The van der Waals surface area contributed by atoms with Crippen LogP contribution in [0.2, 0.25) is 0 Å². The van der Waals surface area contributed by atoms with Gasteiger partial charge in [-0.25, -0.2) is 0 Å². The Labute approximate surface area is 210 Å². The summed E-state index contributed by atoms with van der Waals surface area (Å²) in [7, 11) is 2.05. The number of carbonyl (C=O) groups is 2. The molecule has 0 saturated carbocycles. The summed E-state index contributed by atoms with van der Waals surface area (Å²) < 4.78 is 0. The Morgan fingerprint density at radius 1 is 0.889 bits per heavy atom. The van der Waals surface area contributed by atoms with E-state index in [2.05, 4.69) is 28.4 Å². The number of carbonyl (C=O) groups excluding carboxylic acids is 2. The van der Waals surface area contributed by atoms with Crippen molar-refractivity contribution < 1.29 is 14.7 Å². The van der Waals surface area contributed by atoms with Gasteiger partial charge in [0.05, 0.1) is 0 Å².